The number of piperazine rings is 1. The number of nitrogens with zero attached hydrogens (tertiary/aromatic N) is 6. The van der Waals surface area contributed by atoms with Crippen LogP contribution in [0.4, 0.5) is 4.39 Å². The maximum atomic E-state index is 14.2. The van der Waals surface area contributed by atoms with E-state index in [1.807, 2.05) is 6.07 Å². The van der Waals surface area contributed by atoms with Crippen LogP contribution in [-0.4, -0.2) is 68.0 Å². The number of benzene rings is 2. The summed E-state index contributed by atoms with van der Waals surface area (Å²) in [6.45, 7) is 1.08. The van der Waals surface area contributed by atoms with E-state index in [9.17, 15) is 14.0 Å². The topological polar surface area (TPSA) is 84.2 Å². The predicted octanol–water partition coefficient (Wildman–Crippen LogP) is 3.41. The molecule has 6 rings (SSSR count). The van der Waals surface area contributed by atoms with Gasteiger partial charge in [-0.3, -0.25) is 9.59 Å². The molecule has 35 heavy (non-hydrogen) atoms. The molecule has 2 amide bonds. The Morgan fingerprint density at radius 2 is 1.83 bits per heavy atom. The third kappa shape index (κ3) is 3.82. The first kappa shape index (κ1) is 21.4. The Hall–Kier alpha value is -4.14. The summed E-state index contributed by atoms with van der Waals surface area (Å²) in [6.07, 6.45) is 5.30. The molecule has 0 bridgehead atoms. The zero-order valence-corrected chi connectivity index (χ0v) is 19.2. The van der Waals surface area contributed by atoms with Crippen LogP contribution in [0.5, 0.6) is 0 Å². The van der Waals surface area contributed by atoms with Crippen molar-refractivity contribution in [3.05, 3.63) is 71.9 Å². The van der Waals surface area contributed by atoms with Crippen LogP contribution in [0, 0.1) is 5.82 Å². The molecular weight excluding hydrogens is 447 g/mol. The molecule has 1 saturated carbocycles. The molecular formula is C26H23FN6O2. The molecule has 2 aromatic carbocycles. The zero-order valence-electron chi connectivity index (χ0n) is 19.2. The maximum Gasteiger partial charge on any atom is 0.254 e. The fraction of sp³-hybridized carbons (Fsp3) is 0.269. The zero-order chi connectivity index (χ0) is 24.1. The van der Waals surface area contributed by atoms with Crippen LogP contribution in [-0.2, 0) is 4.79 Å². The molecule has 9 heteroatoms. The van der Waals surface area contributed by atoms with Crippen molar-refractivity contribution in [1.29, 1.82) is 0 Å². The van der Waals surface area contributed by atoms with Gasteiger partial charge in [0.25, 0.3) is 11.9 Å². The van der Waals surface area contributed by atoms with E-state index >= 15 is 0 Å². The second-order valence-electron chi connectivity index (χ2n) is 9.10. The number of likely N-dealkylation sites (N-methyl/N-ethyl adjacent to an activating group) is 1. The minimum Gasteiger partial charge on any atom is -0.342 e. The summed E-state index contributed by atoms with van der Waals surface area (Å²) in [6, 6.07) is 12.0. The highest BCUT2D eigenvalue weighted by atomic mass is 19.1. The predicted molar refractivity (Wildman–Crippen MR) is 128 cm³/mol. The van der Waals surface area contributed by atoms with Crippen molar-refractivity contribution in [2.24, 2.45) is 0 Å². The average molecular weight is 471 g/mol. The van der Waals surface area contributed by atoms with Gasteiger partial charge in [-0.15, -0.1) is 0 Å². The normalized spacial score (nSPS) is 16.2. The molecule has 0 N–H and O–H groups in total. The lowest BCUT2D eigenvalue weighted by molar-refractivity contribution is -0.133. The molecule has 0 unspecified atom stereocenters. The molecule has 4 aromatic rings. The number of fused-ring (bicyclic) bond motifs is 1. The van der Waals surface area contributed by atoms with Crippen molar-refractivity contribution >= 4 is 22.7 Å². The highest BCUT2D eigenvalue weighted by Gasteiger charge is 2.31. The van der Waals surface area contributed by atoms with E-state index in [0.29, 0.717) is 41.6 Å². The minimum atomic E-state index is -0.338. The number of hydrogen-bond donors (Lipinski definition) is 0. The molecule has 0 spiro atoms. The van der Waals surface area contributed by atoms with Crippen molar-refractivity contribution in [2.45, 2.75) is 18.8 Å². The number of hydrogen-bond acceptors (Lipinski definition) is 5. The Balaban J connectivity index is 1.38. The number of amides is 2. The number of carbonyl (C=O) groups is 2. The number of carbonyl (C=O) groups excluding carboxylic acids is 2. The second kappa shape index (κ2) is 8.26. The fourth-order valence-corrected chi connectivity index (χ4v) is 4.46. The third-order valence-corrected chi connectivity index (χ3v) is 6.68. The van der Waals surface area contributed by atoms with Gasteiger partial charge in [0.05, 0.1) is 11.2 Å². The van der Waals surface area contributed by atoms with Crippen LogP contribution in [0.1, 0.15) is 34.8 Å². The summed E-state index contributed by atoms with van der Waals surface area (Å²) in [4.78, 5) is 37.4. The van der Waals surface area contributed by atoms with Gasteiger partial charge in [0, 0.05) is 60.5 Å². The standard InChI is InChI=1S/C26H23FN6O2/c1-31-10-11-32(15-23(31)34)25(35)17-8-9-20-22(12-17)33(30-24(20)16-6-7-16)26-28-13-18(14-29-26)19-4-2-3-5-21(19)27/h2-5,8-9,12-14,16H,6-7,10-11,15H2,1H3. The van der Waals surface area contributed by atoms with Gasteiger partial charge in [-0.1, -0.05) is 24.3 Å². The SMILES string of the molecule is CN1CCN(C(=O)c2ccc3c(C4CC4)nn(-c4ncc(-c5ccccc5F)cn4)c3c2)CC1=O. The van der Waals surface area contributed by atoms with Gasteiger partial charge in [0.1, 0.15) is 12.4 Å². The molecule has 1 aliphatic heterocycles. The molecule has 8 nitrogen and oxygen atoms in total. The van der Waals surface area contributed by atoms with E-state index in [0.717, 1.165) is 29.4 Å². The highest BCUT2D eigenvalue weighted by molar-refractivity contribution is 6.00. The Morgan fingerprint density at radius 3 is 2.54 bits per heavy atom. The first-order valence-electron chi connectivity index (χ1n) is 11.6. The van der Waals surface area contributed by atoms with Gasteiger partial charge >= 0.3 is 0 Å². The van der Waals surface area contributed by atoms with Gasteiger partial charge in [0.2, 0.25) is 5.91 Å². The van der Waals surface area contributed by atoms with Gasteiger partial charge < -0.3 is 9.80 Å². The van der Waals surface area contributed by atoms with Crippen molar-refractivity contribution in [3.8, 4) is 17.1 Å². The van der Waals surface area contributed by atoms with Crippen LogP contribution in [0.2, 0.25) is 0 Å². The molecule has 0 atom stereocenters. The quantitative estimate of drug-likeness (QED) is 0.456. The average Bonchev–Trinajstić information content (AvgIpc) is 3.66. The summed E-state index contributed by atoms with van der Waals surface area (Å²) >= 11 is 0. The van der Waals surface area contributed by atoms with E-state index in [1.54, 1.807) is 64.3 Å². The van der Waals surface area contributed by atoms with E-state index < -0.39 is 0 Å². The lowest BCUT2D eigenvalue weighted by Gasteiger charge is -2.32. The third-order valence-electron chi connectivity index (χ3n) is 6.68. The van der Waals surface area contributed by atoms with Crippen LogP contribution >= 0.6 is 0 Å². The largest absolute Gasteiger partial charge is 0.342 e. The smallest absolute Gasteiger partial charge is 0.254 e. The molecule has 176 valence electrons. The minimum absolute atomic E-state index is 0.0700. The lowest BCUT2D eigenvalue weighted by atomic mass is 10.1. The molecule has 2 fully saturated rings. The molecule has 1 aliphatic carbocycles. The van der Waals surface area contributed by atoms with Crippen LogP contribution in [0.25, 0.3) is 28.0 Å². The van der Waals surface area contributed by atoms with Gasteiger partial charge in [-0.05, 0) is 31.0 Å². The van der Waals surface area contributed by atoms with Gasteiger partial charge in [0.15, 0.2) is 0 Å². The van der Waals surface area contributed by atoms with Gasteiger partial charge in [-0.25, -0.2) is 14.4 Å². The Morgan fingerprint density at radius 1 is 1.06 bits per heavy atom. The summed E-state index contributed by atoms with van der Waals surface area (Å²) in [5.74, 6) is 0.129. The van der Waals surface area contributed by atoms with Crippen LogP contribution in [0.15, 0.2) is 54.9 Å². The molecule has 3 heterocycles. The van der Waals surface area contributed by atoms with Crippen molar-refractivity contribution in [2.75, 3.05) is 26.7 Å². The summed E-state index contributed by atoms with van der Waals surface area (Å²) in [7, 11) is 1.74. The molecule has 2 aromatic heterocycles. The van der Waals surface area contributed by atoms with E-state index in [4.69, 9.17) is 5.10 Å². The van der Waals surface area contributed by atoms with Crippen LogP contribution in [0.3, 0.4) is 0 Å². The Kier molecular flexibility index (Phi) is 5.05. The highest BCUT2D eigenvalue weighted by Crippen LogP contribution is 2.43. The molecule has 2 aliphatic rings. The summed E-state index contributed by atoms with van der Waals surface area (Å²) in [5, 5.41) is 5.77. The monoisotopic (exact) mass is 470 g/mol. The van der Waals surface area contributed by atoms with E-state index in [2.05, 4.69) is 9.97 Å². The number of halogens is 1. The Labute approximate surface area is 201 Å². The molecule has 0 radical (unpaired) electrons. The van der Waals surface area contributed by atoms with E-state index in [-0.39, 0.29) is 24.2 Å². The molecule has 1 saturated heterocycles. The van der Waals surface area contributed by atoms with Crippen molar-refractivity contribution in [3.63, 3.8) is 0 Å². The summed E-state index contributed by atoms with van der Waals surface area (Å²) < 4.78 is 15.8. The van der Waals surface area contributed by atoms with Crippen molar-refractivity contribution in [1.82, 2.24) is 29.5 Å². The lowest BCUT2D eigenvalue weighted by Crippen LogP contribution is -2.50. The van der Waals surface area contributed by atoms with Gasteiger partial charge in [-0.2, -0.15) is 9.78 Å². The van der Waals surface area contributed by atoms with Crippen LogP contribution < -0.4 is 0 Å². The Bertz CT molecular complexity index is 1460. The first-order chi connectivity index (χ1) is 17.0. The number of aromatic nitrogens is 4. The summed E-state index contributed by atoms with van der Waals surface area (Å²) in [5.41, 5.74) is 3.19. The second-order valence-corrected chi connectivity index (χ2v) is 9.10. The fourth-order valence-electron chi connectivity index (χ4n) is 4.46. The van der Waals surface area contributed by atoms with E-state index in [1.165, 1.54) is 6.07 Å². The first-order valence-corrected chi connectivity index (χ1v) is 11.6. The maximum absolute atomic E-state index is 14.2. The number of rotatable bonds is 4. The van der Waals surface area contributed by atoms with Crippen molar-refractivity contribution < 1.29 is 14.0 Å².